The maximum Gasteiger partial charge on any atom is 0.267 e. The normalized spacial score (nSPS) is 14.1. The minimum absolute atomic E-state index is 0.0328. The van der Waals surface area contributed by atoms with E-state index in [2.05, 4.69) is 14.9 Å². The standard InChI is InChI=1S/C26H24F3N5O2S2/c1-2-21-30-13-12-20(31-21)24-23(32-26(37-24)34-14-4-3-5-15-34)16-8-6-11-19(22(16)29)33-38(35,36)25-17(27)9-7-10-18(25)28/h6-13,33H,2-5,14-15H2,1H3. The molecule has 4 aromatic rings. The molecule has 0 atom stereocenters. The van der Waals surface area contributed by atoms with E-state index in [1.165, 1.54) is 29.5 Å². The molecule has 0 unspecified atom stereocenters. The van der Waals surface area contributed by atoms with Crippen LogP contribution in [-0.4, -0.2) is 36.5 Å². The molecule has 5 rings (SSSR count). The van der Waals surface area contributed by atoms with E-state index in [0.29, 0.717) is 33.6 Å². The molecule has 0 radical (unpaired) electrons. The SMILES string of the molecule is CCc1nccc(-c2sc(N3CCCCC3)nc2-c2cccc(NS(=O)(=O)c3c(F)cccc3F)c2F)n1. The molecule has 12 heteroatoms. The lowest BCUT2D eigenvalue weighted by Crippen LogP contribution is -2.29. The Morgan fingerprint density at radius 3 is 2.39 bits per heavy atom. The third-order valence-corrected chi connectivity index (χ3v) is 8.74. The lowest BCUT2D eigenvalue weighted by Gasteiger charge is -2.25. The Morgan fingerprint density at radius 2 is 1.68 bits per heavy atom. The van der Waals surface area contributed by atoms with E-state index in [-0.39, 0.29) is 5.56 Å². The van der Waals surface area contributed by atoms with E-state index in [1.54, 1.807) is 12.3 Å². The van der Waals surface area contributed by atoms with E-state index in [4.69, 9.17) is 4.98 Å². The van der Waals surface area contributed by atoms with Gasteiger partial charge < -0.3 is 4.90 Å². The van der Waals surface area contributed by atoms with E-state index in [9.17, 15) is 17.2 Å². The van der Waals surface area contributed by atoms with Gasteiger partial charge in [-0.3, -0.25) is 4.72 Å². The van der Waals surface area contributed by atoms with Gasteiger partial charge in [0, 0.05) is 31.3 Å². The topological polar surface area (TPSA) is 88.1 Å². The summed E-state index contributed by atoms with van der Waals surface area (Å²) in [6.07, 6.45) is 5.42. The van der Waals surface area contributed by atoms with Gasteiger partial charge in [-0.1, -0.05) is 30.4 Å². The van der Waals surface area contributed by atoms with Crippen molar-refractivity contribution < 1.29 is 21.6 Å². The van der Waals surface area contributed by atoms with Crippen molar-refractivity contribution in [2.24, 2.45) is 0 Å². The molecule has 0 saturated carbocycles. The summed E-state index contributed by atoms with van der Waals surface area (Å²) in [6, 6.07) is 8.53. The first-order valence-corrected chi connectivity index (χ1v) is 14.4. The van der Waals surface area contributed by atoms with E-state index >= 15 is 4.39 Å². The summed E-state index contributed by atoms with van der Waals surface area (Å²) in [5.41, 5.74) is 0.448. The van der Waals surface area contributed by atoms with Crippen LogP contribution in [-0.2, 0) is 16.4 Å². The molecule has 1 N–H and O–H groups in total. The number of nitrogens with one attached hydrogen (secondary N) is 1. The van der Waals surface area contributed by atoms with Gasteiger partial charge in [0.15, 0.2) is 15.8 Å². The van der Waals surface area contributed by atoms with Gasteiger partial charge in [0.05, 0.1) is 22.0 Å². The maximum absolute atomic E-state index is 15.9. The fourth-order valence-electron chi connectivity index (χ4n) is 4.31. The van der Waals surface area contributed by atoms with Crippen LogP contribution in [0, 0.1) is 17.5 Å². The number of hydrogen-bond acceptors (Lipinski definition) is 7. The van der Waals surface area contributed by atoms with Crippen molar-refractivity contribution in [3.63, 3.8) is 0 Å². The van der Waals surface area contributed by atoms with Crippen molar-refractivity contribution in [2.45, 2.75) is 37.5 Å². The average Bonchev–Trinajstić information content (AvgIpc) is 3.35. The van der Waals surface area contributed by atoms with Crippen LogP contribution in [0.25, 0.3) is 21.8 Å². The van der Waals surface area contributed by atoms with Gasteiger partial charge in [-0.05, 0) is 49.6 Å². The number of aryl methyl sites for hydroxylation is 1. The zero-order valence-corrected chi connectivity index (χ0v) is 22.1. The Hall–Kier alpha value is -3.51. The summed E-state index contributed by atoms with van der Waals surface area (Å²) < 4.78 is 71.9. The highest BCUT2D eigenvalue weighted by Crippen LogP contribution is 2.42. The number of nitrogens with zero attached hydrogens (tertiary/aromatic N) is 4. The molecule has 0 bridgehead atoms. The molecule has 3 heterocycles. The second-order valence-corrected chi connectivity index (χ2v) is 11.4. The van der Waals surface area contributed by atoms with Crippen LogP contribution in [0.1, 0.15) is 32.0 Å². The van der Waals surface area contributed by atoms with Gasteiger partial charge in [-0.2, -0.15) is 0 Å². The van der Waals surface area contributed by atoms with Gasteiger partial charge in [-0.25, -0.2) is 36.5 Å². The first-order valence-electron chi connectivity index (χ1n) is 12.1. The molecular formula is C26H24F3N5O2S2. The first-order chi connectivity index (χ1) is 18.3. The van der Waals surface area contributed by atoms with E-state index in [1.807, 2.05) is 11.6 Å². The number of hydrogen-bond donors (Lipinski definition) is 1. The molecule has 1 aliphatic rings. The highest BCUT2D eigenvalue weighted by molar-refractivity contribution is 7.92. The van der Waals surface area contributed by atoms with Gasteiger partial charge in [0.2, 0.25) is 0 Å². The molecule has 0 spiro atoms. The van der Waals surface area contributed by atoms with Crippen LogP contribution in [0.3, 0.4) is 0 Å². The van der Waals surface area contributed by atoms with Gasteiger partial charge in [-0.15, -0.1) is 0 Å². The van der Waals surface area contributed by atoms with Gasteiger partial charge in [0.1, 0.15) is 17.5 Å². The number of anilines is 2. The van der Waals surface area contributed by atoms with E-state index in [0.717, 1.165) is 50.6 Å². The van der Waals surface area contributed by atoms with Crippen molar-refractivity contribution >= 4 is 32.2 Å². The maximum atomic E-state index is 15.9. The van der Waals surface area contributed by atoms with E-state index < -0.39 is 38.1 Å². The Morgan fingerprint density at radius 1 is 0.974 bits per heavy atom. The smallest absolute Gasteiger partial charge is 0.267 e. The third kappa shape index (κ3) is 5.10. The Labute approximate surface area is 222 Å². The Bertz CT molecular complexity index is 1570. The minimum Gasteiger partial charge on any atom is -0.348 e. The van der Waals surface area contributed by atoms with Crippen LogP contribution in [0.5, 0.6) is 0 Å². The second-order valence-electron chi connectivity index (χ2n) is 8.76. The lowest BCUT2D eigenvalue weighted by atomic mass is 10.1. The number of halogens is 3. The van der Waals surface area contributed by atoms with Gasteiger partial charge >= 0.3 is 0 Å². The largest absolute Gasteiger partial charge is 0.348 e. The van der Waals surface area contributed by atoms with Crippen molar-refractivity contribution in [2.75, 3.05) is 22.7 Å². The van der Waals surface area contributed by atoms with Crippen LogP contribution in [0.4, 0.5) is 24.0 Å². The summed E-state index contributed by atoms with van der Waals surface area (Å²) in [5, 5.41) is 0.713. The highest BCUT2D eigenvalue weighted by atomic mass is 32.2. The quantitative estimate of drug-likeness (QED) is 0.297. The van der Waals surface area contributed by atoms with Gasteiger partial charge in [0.25, 0.3) is 10.0 Å². The number of piperidine rings is 1. The molecule has 2 aromatic carbocycles. The Kier molecular flexibility index (Phi) is 7.35. The van der Waals surface area contributed by atoms with Crippen LogP contribution in [0.2, 0.25) is 0 Å². The van der Waals surface area contributed by atoms with Crippen LogP contribution in [0.15, 0.2) is 53.6 Å². The zero-order valence-electron chi connectivity index (χ0n) is 20.4. The molecular weight excluding hydrogens is 535 g/mol. The molecule has 7 nitrogen and oxygen atoms in total. The van der Waals surface area contributed by atoms with Crippen LogP contribution < -0.4 is 9.62 Å². The monoisotopic (exact) mass is 559 g/mol. The molecule has 0 aliphatic carbocycles. The molecule has 0 amide bonds. The number of thiazole rings is 1. The molecule has 38 heavy (non-hydrogen) atoms. The minimum atomic E-state index is -4.77. The summed E-state index contributed by atoms with van der Waals surface area (Å²) in [7, 11) is -4.77. The van der Waals surface area contributed by atoms with Crippen molar-refractivity contribution in [3.05, 3.63) is 71.9 Å². The lowest BCUT2D eigenvalue weighted by molar-refractivity contribution is 0.521. The number of sulfonamides is 1. The summed E-state index contributed by atoms with van der Waals surface area (Å²) in [4.78, 5) is 15.2. The highest BCUT2D eigenvalue weighted by Gasteiger charge is 2.28. The summed E-state index contributed by atoms with van der Waals surface area (Å²) in [5.74, 6) is -2.86. The fourth-order valence-corrected chi connectivity index (χ4v) is 6.61. The molecule has 198 valence electrons. The predicted octanol–water partition coefficient (Wildman–Crippen LogP) is 6.04. The molecule has 2 aromatic heterocycles. The fraction of sp³-hybridized carbons (Fsp3) is 0.269. The number of rotatable bonds is 7. The third-order valence-electron chi connectivity index (χ3n) is 6.18. The number of aromatic nitrogens is 3. The predicted molar refractivity (Wildman–Crippen MR) is 141 cm³/mol. The second kappa shape index (κ2) is 10.7. The molecule has 1 aliphatic heterocycles. The summed E-state index contributed by atoms with van der Waals surface area (Å²) >= 11 is 1.38. The van der Waals surface area contributed by atoms with Crippen molar-refractivity contribution in [1.82, 2.24) is 15.0 Å². The zero-order chi connectivity index (χ0) is 26.9. The molecule has 1 saturated heterocycles. The van der Waals surface area contributed by atoms with Crippen molar-refractivity contribution in [3.8, 4) is 21.8 Å². The first kappa shape index (κ1) is 26.1. The Balaban J connectivity index is 1.60. The number of benzene rings is 2. The van der Waals surface area contributed by atoms with Crippen molar-refractivity contribution in [1.29, 1.82) is 0 Å². The summed E-state index contributed by atoms with van der Waals surface area (Å²) in [6.45, 7) is 3.58. The van der Waals surface area contributed by atoms with Crippen LogP contribution >= 0.6 is 11.3 Å². The molecule has 1 fully saturated rings. The average molecular weight is 560 g/mol.